The second-order valence-electron chi connectivity index (χ2n) is 23.6. The highest BCUT2D eigenvalue weighted by atomic mass is 16.7. The highest BCUT2D eigenvalue weighted by Gasteiger charge is 2.51. The molecule has 0 aromatic heterocycles. The smallest absolute Gasteiger partial charge is 0.220 e. The lowest BCUT2D eigenvalue weighted by Gasteiger charge is -2.46. The van der Waals surface area contributed by atoms with Crippen LogP contribution in [0.3, 0.4) is 0 Å². The molecular formula is C65H123NO13. The third-order valence-corrected chi connectivity index (χ3v) is 16.4. The number of allylic oxidation sites excluding steroid dienone is 3. The highest BCUT2D eigenvalue weighted by Crippen LogP contribution is 2.30. The van der Waals surface area contributed by atoms with Crippen LogP contribution < -0.4 is 5.32 Å². The molecule has 0 bridgehead atoms. The molecule has 14 heteroatoms. The Morgan fingerprint density at radius 3 is 1.24 bits per heavy atom. The summed E-state index contributed by atoms with van der Waals surface area (Å²) < 4.78 is 22.8. The van der Waals surface area contributed by atoms with Crippen LogP contribution in [0.1, 0.15) is 290 Å². The topological polar surface area (TPSA) is 228 Å². The predicted molar refractivity (Wildman–Crippen MR) is 318 cm³/mol. The van der Waals surface area contributed by atoms with Crippen LogP contribution in [0.4, 0.5) is 0 Å². The van der Waals surface area contributed by atoms with E-state index >= 15 is 0 Å². The van der Waals surface area contributed by atoms with Gasteiger partial charge in [0.15, 0.2) is 12.6 Å². The fourth-order valence-electron chi connectivity index (χ4n) is 11.1. The molecule has 466 valence electrons. The molecule has 0 aliphatic carbocycles. The monoisotopic (exact) mass is 1130 g/mol. The van der Waals surface area contributed by atoms with Gasteiger partial charge in [-0.3, -0.25) is 4.79 Å². The molecule has 0 spiro atoms. The predicted octanol–water partition coefficient (Wildman–Crippen LogP) is 12.4. The number of rotatable bonds is 54. The van der Waals surface area contributed by atoms with Crippen LogP contribution in [-0.4, -0.2) is 140 Å². The first-order valence-corrected chi connectivity index (χ1v) is 33.1. The number of carbonyl (C=O) groups excluding carboxylic acids is 1. The average molecular weight is 1130 g/mol. The quantitative estimate of drug-likeness (QED) is 0.0204. The molecule has 12 atom stereocenters. The van der Waals surface area contributed by atoms with E-state index in [1.165, 1.54) is 225 Å². The van der Waals surface area contributed by atoms with Crippen molar-refractivity contribution in [1.29, 1.82) is 0 Å². The Kier molecular flexibility index (Phi) is 47.4. The normalized spacial score (nSPS) is 24.5. The van der Waals surface area contributed by atoms with E-state index in [2.05, 4.69) is 31.3 Å². The molecule has 0 radical (unpaired) electrons. The van der Waals surface area contributed by atoms with Crippen molar-refractivity contribution in [3.8, 4) is 0 Å². The minimum Gasteiger partial charge on any atom is -0.394 e. The van der Waals surface area contributed by atoms with Crippen molar-refractivity contribution in [2.45, 2.75) is 364 Å². The molecule has 0 aromatic carbocycles. The molecule has 2 saturated heterocycles. The van der Waals surface area contributed by atoms with Crippen LogP contribution in [0.2, 0.25) is 0 Å². The van der Waals surface area contributed by atoms with E-state index in [0.717, 1.165) is 32.1 Å². The number of ether oxygens (including phenoxy) is 4. The number of nitrogens with one attached hydrogen (secondary N) is 1. The van der Waals surface area contributed by atoms with Gasteiger partial charge in [0.05, 0.1) is 32.0 Å². The van der Waals surface area contributed by atoms with E-state index in [-0.39, 0.29) is 18.9 Å². The summed E-state index contributed by atoms with van der Waals surface area (Å²) in [7, 11) is 0. The number of aliphatic hydroxyl groups excluding tert-OH is 8. The fraction of sp³-hybridized carbons (Fsp3) is 0.923. The highest BCUT2D eigenvalue weighted by molar-refractivity contribution is 5.76. The van der Waals surface area contributed by atoms with Crippen LogP contribution in [0.25, 0.3) is 0 Å². The second-order valence-corrected chi connectivity index (χ2v) is 23.6. The number of amides is 1. The minimum absolute atomic E-state index is 0.244. The van der Waals surface area contributed by atoms with E-state index in [9.17, 15) is 45.6 Å². The summed E-state index contributed by atoms with van der Waals surface area (Å²) in [4.78, 5) is 13.3. The van der Waals surface area contributed by atoms with E-state index in [1.54, 1.807) is 6.08 Å². The Balaban J connectivity index is 1.62. The Bertz CT molecular complexity index is 1420. The van der Waals surface area contributed by atoms with Crippen molar-refractivity contribution in [2.24, 2.45) is 0 Å². The van der Waals surface area contributed by atoms with Crippen molar-refractivity contribution in [1.82, 2.24) is 5.32 Å². The third kappa shape index (κ3) is 36.0. The Labute approximate surface area is 481 Å². The summed E-state index contributed by atoms with van der Waals surface area (Å²) in [5.74, 6) is -0.244. The van der Waals surface area contributed by atoms with Crippen molar-refractivity contribution >= 4 is 5.91 Å². The minimum atomic E-state index is -1.79. The summed E-state index contributed by atoms with van der Waals surface area (Å²) in [5, 5.41) is 87.1. The van der Waals surface area contributed by atoms with Gasteiger partial charge in [0.1, 0.15) is 48.8 Å². The Hall–Kier alpha value is -1.53. The van der Waals surface area contributed by atoms with Crippen molar-refractivity contribution in [2.75, 3.05) is 19.8 Å². The van der Waals surface area contributed by atoms with Gasteiger partial charge in [-0.2, -0.15) is 0 Å². The van der Waals surface area contributed by atoms with Gasteiger partial charge in [-0.05, 0) is 32.1 Å². The largest absolute Gasteiger partial charge is 0.394 e. The molecule has 2 rings (SSSR count). The lowest BCUT2D eigenvalue weighted by Crippen LogP contribution is -2.65. The maximum Gasteiger partial charge on any atom is 0.220 e. The van der Waals surface area contributed by atoms with Crippen molar-refractivity contribution in [3.63, 3.8) is 0 Å². The fourth-order valence-corrected chi connectivity index (χ4v) is 11.1. The van der Waals surface area contributed by atoms with E-state index in [0.29, 0.717) is 12.8 Å². The Morgan fingerprint density at radius 2 is 0.810 bits per heavy atom. The lowest BCUT2D eigenvalue weighted by atomic mass is 9.97. The standard InChI is InChI=1S/C65H123NO13/c1-3-5-7-9-11-13-15-17-18-19-20-21-22-23-24-25-26-27-28-29-30-31-32-33-34-35-37-39-41-43-45-47-49-57(70)66-53(54(69)48-46-44-42-40-38-36-16-14-12-10-8-6-4-2)52-76-64-62(75)60(73)63(56(51-68)78-64)79-65-61(74)59(72)58(71)55(50-67)77-65/h38,40,46,48,53-56,58-65,67-69,71-75H,3-37,39,41-45,47,49-52H2,1-2H3,(H,66,70)/b40-38+,48-46+. The summed E-state index contributed by atoms with van der Waals surface area (Å²) >= 11 is 0. The van der Waals surface area contributed by atoms with Gasteiger partial charge in [-0.1, -0.05) is 276 Å². The number of hydrogen-bond acceptors (Lipinski definition) is 13. The second kappa shape index (κ2) is 50.9. The molecule has 14 nitrogen and oxygen atoms in total. The SMILES string of the molecule is CCCCCCCCC/C=C/CC/C=C/C(O)C(COC1OC(CO)C(OC2OC(CO)C(O)C(O)C2O)C(O)C1O)NC(=O)CCCCCCCCCCCCCCCCCCCCCCCCCCCCCCCCCC. The first-order valence-electron chi connectivity index (χ1n) is 33.1. The van der Waals surface area contributed by atoms with Crippen LogP contribution in [-0.2, 0) is 23.7 Å². The summed E-state index contributed by atoms with van der Waals surface area (Å²) in [6.45, 7) is 2.80. The van der Waals surface area contributed by atoms with E-state index in [1.807, 2.05) is 6.08 Å². The zero-order valence-electron chi connectivity index (χ0n) is 50.4. The lowest BCUT2D eigenvalue weighted by molar-refractivity contribution is -0.359. The van der Waals surface area contributed by atoms with Gasteiger partial charge in [0, 0.05) is 6.42 Å². The van der Waals surface area contributed by atoms with Gasteiger partial charge in [0.25, 0.3) is 0 Å². The molecule has 12 unspecified atom stereocenters. The molecule has 9 N–H and O–H groups in total. The number of carbonyl (C=O) groups is 1. The number of aliphatic hydroxyl groups is 8. The first kappa shape index (κ1) is 73.6. The maximum atomic E-state index is 13.3. The molecule has 0 saturated carbocycles. The number of hydrogen-bond donors (Lipinski definition) is 9. The van der Waals surface area contributed by atoms with Gasteiger partial charge in [-0.15, -0.1) is 0 Å². The molecule has 2 heterocycles. The van der Waals surface area contributed by atoms with Gasteiger partial charge in [-0.25, -0.2) is 0 Å². The molecule has 1 amide bonds. The average Bonchev–Trinajstić information content (AvgIpc) is 3.45. The number of unbranched alkanes of at least 4 members (excludes halogenated alkanes) is 39. The third-order valence-electron chi connectivity index (χ3n) is 16.4. The van der Waals surface area contributed by atoms with Crippen LogP contribution in [0.5, 0.6) is 0 Å². The molecular weight excluding hydrogens is 1000 g/mol. The van der Waals surface area contributed by atoms with Crippen LogP contribution in [0, 0.1) is 0 Å². The van der Waals surface area contributed by atoms with Crippen LogP contribution in [0.15, 0.2) is 24.3 Å². The summed E-state index contributed by atoms with van der Waals surface area (Å²) in [6.07, 6.45) is 45.5. The first-order chi connectivity index (χ1) is 38.6. The van der Waals surface area contributed by atoms with Crippen LogP contribution >= 0.6 is 0 Å². The van der Waals surface area contributed by atoms with Crippen molar-refractivity contribution < 1.29 is 64.6 Å². The van der Waals surface area contributed by atoms with Gasteiger partial charge < -0.3 is 65.1 Å². The molecule has 2 aliphatic heterocycles. The van der Waals surface area contributed by atoms with E-state index < -0.39 is 86.8 Å². The molecule has 79 heavy (non-hydrogen) atoms. The van der Waals surface area contributed by atoms with Crippen molar-refractivity contribution in [3.05, 3.63) is 24.3 Å². The zero-order chi connectivity index (χ0) is 57.4. The zero-order valence-corrected chi connectivity index (χ0v) is 50.4. The van der Waals surface area contributed by atoms with Gasteiger partial charge in [0.2, 0.25) is 5.91 Å². The summed E-state index contributed by atoms with van der Waals surface area (Å²) in [6, 6.07) is -0.927. The summed E-state index contributed by atoms with van der Waals surface area (Å²) in [5.41, 5.74) is 0. The molecule has 2 aliphatic rings. The Morgan fingerprint density at radius 1 is 0.443 bits per heavy atom. The molecule has 2 fully saturated rings. The van der Waals surface area contributed by atoms with Gasteiger partial charge >= 0.3 is 0 Å². The maximum absolute atomic E-state index is 13.3. The van der Waals surface area contributed by atoms with E-state index in [4.69, 9.17) is 18.9 Å². The molecule has 0 aromatic rings.